The average Bonchev–Trinajstić information content (AvgIpc) is 2.39. The van der Waals surface area contributed by atoms with Gasteiger partial charge < -0.3 is 10.2 Å². The number of hydrogen-bond acceptors (Lipinski definition) is 6. The zero-order valence-electron chi connectivity index (χ0n) is 10.7. The van der Waals surface area contributed by atoms with Gasteiger partial charge in [-0.3, -0.25) is 10.1 Å². The van der Waals surface area contributed by atoms with Gasteiger partial charge in [0.1, 0.15) is 23.6 Å². The van der Waals surface area contributed by atoms with Crippen molar-refractivity contribution in [2.75, 3.05) is 25.5 Å². The Kier molecular flexibility index (Phi) is 3.92. The van der Waals surface area contributed by atoms with E-state index >= 15 is 0 Å². The second-order valence-electron chi connectivity index (χ2n) is 4.70. The standard InChI is InChI=1S/C12H15N5O2/c1-16-4-2-3-10(8-16)15-12-9(6-13)5-11(7-14-12)17(18)19/h5,7,10H,2-4,8H2,1H3,(H,14,15). The maximum absolute atomic E-state index is 10.6. The maximum atomic E-state index is 10.6. The Balaban J connectivity index is 2.16. The predicted molar refractivity (Wildman–Crippen MR) is 69.7 cm³/mol. The summed E-state index contributed by atoms with van der Waals surface area (Å²) in [7, 11) is 2.04. The molecule has 1 aromatic rings. The lowest BCUT2D eigenvalue weighted by Gasteiger charge is -2.30. The topological polar surface area (TPSA) is 95.1 Å². The van der Waals surface area contributed by atoms with Gasteiger partial charge in [0.25, 0.3) is 5.69 Å². The number of piperidine rings is 1. The monoisotopic (exact) mass is 261 g/mol. The Morgan fingerprint density at radius 3 is 3.11 bits per heavy atom. The molecule has 19 heavy (non-hydrogen) atoms. The van der Waals surface area contributed by atoms with E-state index in [1.807, 2.05) is 13.1 Å². The highest BCUT2D eigenvalue weighted by Crippen LogP contribution is 2.20. The molecular formula is C12H15N5O2. The summed E-state index contributed by atoms with van der Waals surface area (Å²) >= 11 is 0. The van der Waals surface area contributed by atoms with Crippen molar-refractivity contribution in [3.05, 3.63) is 27.9 Å². The molecule has 0 bridgehead atoms. The number of likely N-dealkylation sites (tertiary alicyclic amines) is 1. The van der Waals surface area contributed by atoms with Crippen LogP contribution < -0.4 is 5.32 Å². The number of hydrogen-bond donors (Lipinski definition) is 1. The number of aromatic nitrogens is 1. The Bertz CT molecular complexity index is 525. The number of anilines is 1. The van der Waals surface area contributed by atoms with E-state index in [0.717, 1.165) is 25.9 Å². The number of nitrogens with zero attached hydrogens (tertiary/aromatic N) is 4. The van der Waals surface area contributed by atoms with Crippen LogP contribution in [0.1, 0.15) is 18.4 Å². The molecule has 1 unspecified atom stereocenters. The molecule has 1 fully saturated rings. The zero-order valence-corrected chi connectivity index (χ0v) is 10.7. The first-order chi connectivity index (χ1) is 9.10. The highest BCUT2D eigenvalue weighted by Gasteiger charge is 2.19. The molecule has 7 nitrogen and oxygen atoms in total. The Morgan fingerprint density at radius 2 is 2.47 bits per heavy atom. The zero-order chi connectivity index (χ0) is 13.8. The van der Waals surface area contributed by atoms with E-state index in [2.05, 4.69) is 15.2 Å². The quantitative estimate of drug-likeness (QED) is 0.652. The molecule has 7 heteroatoms. The molecule has 1 aliphatic heterocycles. The van der Waals surface area contributed by atoms with Crippen molar-refractivity contribution in [1.82, 2.24) is 9.88 Å². The number of rotatable bonds is 3. The smallest absolute Gasteiger partial charge is 0.289 e. The van der Waals surface area contributed by atoms with Crippen LogP contribution >= 0.6 is 0 Å². The van der Waals surface area contributed by atoms with Gasteiger partial charge in [0.2, 0.25) is 0 Å². The van der Waals surface area contributed by atoms with Gasteiger partial charge in [-0.15, -0.1) is 0 Å². The molecule has 0 aliphatic carbocycles. The van der Waals surface area contributed by atoms with Crippen LogP contribution in [0.5, 0.6) is 0 Å². The van der Waals surface area contributed by atoms with E-state index in [1.165, 1.54) is 12.3 Å². The fourth-order valence-electron chi connectivity index (χ4n) is 2.23. The SMILES string of the molecule is CN1CCCC(Nc2ncc([N+](=O)[O-])cc2C#N)C1. The molecule has 100 valence electrons. The Hall–Kier alpha value is -2.20. The van der Waals surface area contributed by atoms with E-state index in [9.17, 15) is 10.1 Å². The fourth-order valence-corrected chi connectivity index (χ4v) is 2.23. The molecule has 2 heterocycles. The minimum absolute atomic E-state index is 0.164. The number of nitrogens with one attached hydrogen (secondary N) is 1. The Morgan fingerprint density at radius 1 is 1.68 bits per heavy atom. The molecule has 1 aromatic heterocycles. The van der Waals surface area contributed by atoms with Crippen LogP contribution in [0.25, 0.3) is 0 Å². The first kappa shape index (κ1) is 13.2. The van der Waals surface area contributed by atoms with Crippen LogP contribution in [0.3, 0.4) is 0 Å². The second kappa shape index (κ2) is 5.63. The molecule has 1 N–H and O–H groups in total. The first-order valence-electron chi connectivity index (χ1n) is 6.10. The average molecular weight is 261 g/mol. The molecule has 0 radical (unpaired) electrons. The first-order valence-corrected chi connectivity index (χ1v) is 6.10. The third kappa shape index (κ3) is 3.17. The van der Waals surface area contributed by atoms with Crippen molar-refractivity contribution < 1.29 is 4.92 Å². The van der Waals surface area contributed by atoms with Crippen molar-refractivity contribution in [3.8, 4) is 6.07 Å². The summed E-state index contributed by atoms with van der Waals surface area (Å²) < 4.78 is 0. The number of likely N-dealkylation sites (N-methyl/N-ethyl adjacent to an activating group) is 1. The molecule has 0 saturated carbocycles. The molecule has 0 amide bonds. The third-order valence-corrected chi connectivity index (χ3v) is 3.17. The summed E-state index contributed by atoms with van der Waals surface area (Å²) in [6.45, 7) is 1.94. The molecular weight excluding hydrogens is 246 g/mol. The molecule has 1 aliphatic rings. The van der Waals surface area contributed by atoms with Crippen molar-refractivity contribution in [2.24, 2.45) is 0 Å². The summed E-state index contributed by atoms with van der Waals surface area (Å²) in [5.41, 5.74) is 0.0466. The van der Waals surface area contributed by atoms with Gasteiger partial charge in [0, 0.05) is 18.7 Å². The van der Waals surface area contributed by atoms with E-state index in [-0.39, 0.29) is 17.3 Å². The van der Waals surface area contributed by atoms with Crippen LogP contribution in [0.15, 0.2) is 12.3 Å². The van der Waals surface area contributed by atoms with Gasteiger partial charge in [-0.2, -0.15) is 5.26 Å². The van der Waals surface area contributed by atoms with Crippen molar-refractivity contribution in [3.63, 3.8) is 0 Å². The third-order valence-electron chi connectivity index (χ3n) is 3.17. The number of pyridine rings is 1. The van der Waals surface area contributed by atoms with Crippen LogP contribution in [0.4, 0.5) is 11.5 Å². The molecule has 2 rings (SSSR count). The molecule has 1 atom stereocenters. The van der Waals surface area contributed by atoms with Gasteiger partial charge in [0.15, 0.2) is 0 Å². The maximum Gasteiger partial charge on any atom is 0.289 e. The van der Waals surface area contributed by atoms with E-state index in [0.29, 0.717) is 5.82 Å². The number of nitriles is 1. The van der Waals surface area contributed by atoms with Crippen LogP contribution in [-0.2, 0) is 0 Å². The van der Waals surface area contributed by atoms with Gasteiger partial charge in [-0.05, 0) is 26.4 Å². The van der Waals surface area contributed by atoms with Crippen molar-refractivity contribution >= 4 is 11.5 Å². The lowest BCUT2D eigenvalue weighted by atomic mass is 10.1. The fraction of sp³-hybridized carbons (Fsp3) is 0.500. The summed E-state index contributed by atoms with van der Waals surface area (Å²) in [6.07, 6.45) is 3.27. The minimum Gasteiger partial charge on any atom is -0.365 e. The summed E-state index contributed by atoms with van der Waals surface area (Å²) in [5, 5.41) is 22.9. The Labute approximate surface area is 111 Å². The van der Waals surface area contributed by atoms with Crippen LogP contribution in [0, 0.1) is 21.4 Å². The van der Waals surface area contributed by atoms with Gasteiger partial charge >= 0.3 is 0 Å². The highest BCUT2D eigenvalue weighted by molar-refractivity contribution is 5.56. The summed E-state index contributed by atoms with van der Waals surface area (Å²) in [4.78, 5) is 16.3. The predicted octanol–water partition coefficient (Wildman–Crippen LogP) is 1.37. The van der Waals surface area contributed by atoms with E-state index in [1.54, 1.807) is 0 Å². The van der Waals surface area contributed by atoms with Crippen molar-refractivity contribution in [1.29, 1.82) is 5.26 Å². The van der Waals surface area contributed by atoms with Crippen LogP contribution in [0.2, 0.25) is 0 Å². The van der Waals surface area contributed by atoms with E-state index < -0.39 is 4.92 Å². The molecule has 0 aromatic carbocycles. The van der Waals surface area contributed by atoms with Crippen molar-refractivity contribution in [2.45, 2.75) is 18.9 Å². The van der Waals surface area contributed by atoms with Crippen LogP contribution in [-0.4, -0.2) is 41.0 Å². The normalized spacial score (nSPS) is 19.7. The van der Waals surface area contributed by atoms with Gasteiger partial charge in [-0.25, -0.2) is 4.98 Å². The van der Waals surface area contributed by atoms with Gasteiger partial charge in [0.05, 0.1) is 4.92 Å². The van der Waals surface area contributed by atoms with E-state index in [4.69, 9.17) is 5.26 Å². The number of nitro groups is 1. The largest absolute Gasteiger partial charge is 0.365 e. The highest BCUT2D eigenvalue weighted by atomic mass is 16.6. The molecule has 1 saturated heterocycles. The minimum atomic E-state index is -0.550. The molecule has 0 spiro atoms. The summed E-state index contributed by atoms with van der Waals surface area (Å²) in [6, 6.07) is 3.42. The second-order valence-corrected chi connectivity index (χ2v) is 4.70. The lowest BCUT2D eigenvalue weighted by molar-refractivity contribution is -0.385. The van der Waals surface area contributed by atoms with Gasteiger partial charge in [-0.1, -0.05) is 0 Å². The summed E-state index contributed by atoms with van der Waals surface area (Å²) in [5.74, 6) is 0.424. The lowest BCUT2D eigenvalue weighted by Crippen LogP contribution is -2.40.